The summed E-state index contributed by atoms with van der Waals surface area (Å²) in [4.78, 5) is 2.46. The number of halogens is 1. The second-order valence-corrected chi connectivity index (χ2v) is 7.20. The Bertz CT molecular complexity index is 730. The number of aliphatic hydroxyl groups is 1. The first-order valence-electron chi connectivity index (χ1n) is 8.36. The van der Waals surface area contributed by atoms with E-state index in [0.717, 1.165) is 31.5 Å². The molecule has 2 aliphatic carbocycles. The summed E-state index contributed by atoms with van der Waals surface area (Å²) in [6.07, 6.45) is 6.69. The van der Waals surface area contributed by atoms with Gasteiger partial charge in [-0.1, -0.05) is 24.3 Å². The number of likely N-dealkylation sites (tertiary alicyclic amines) is 1. The summed E-state index contributed by atoms with van der Waals surface area (Å²) >= 11 is 0. The highest BCUT2D eigenvalue weighted by Gasteiger charge is 2.64. The summed E-state index contributed by atoms with van der Waals surface area (Å²) < 4.78 is 20.4. The largest absolute Gasteiger partial charge is 0.483 e. The lowest BCUT2D eigenvalue weighted by atomic mass is 9.53. The summed E-state index contributed by atoms with van der Waals surface area (Å²) in [7, 11) is 0. The molecule has 1 aromatic carbocycles. The fourth-order valence-corrected chi connectivity index (χ4v) is 5.51. The maximum absolute atomic E-state index is 14.4. The zero-order valence-corrected chi connectivity index (χ0v) is 12.9. The highest BCUT2D eigenvalue weighted by molar-refractivity contribution is 5.57. The Labute approximate surface area is 135 Å². The average Bonchev–Trinajstić information content (AvgIpc) is 2.89. The van der Waals surface area contributed by atoms with Crippen LogP contribution < -0.4 is 4.74 Å². The van der Waals surface area contributed by atoms with Gasteiger partial charge < -0.3 is 9.84 Å². The van der Waals surface area contributed by atoms with Crippen LogP contribution in [-0.4, -0.2) is 41.3 Å². The maximum atomic E-state index is 14.4. The number of aliphatic hydroxyl groups excluding tert-OH is 1. The van der Waals surface area contributed by atoms with Crippen molar-refractivity contribution in [2.24, 2.45) is 5.92 Å². The Morgan fingerprint density at radius 2 is 2.30 bits per heavy atom. The monoisotopic (exact) mass is 312 g/mol. The van der Waals surface area contributed by atoms with Crippen molar-refractivity contribution < 1.29 is 14.2 Å². The molecule has 0 amide bonds. The fraction of sp³-hybridized carbons (Fsp3) is 0.474. The lowest BCUT2D eigenvalue weighted by Crippen LogP contribution is -2.65. The van der Waals surface area contributed by atoms with Crippen LogP contribution in [0.1, 0.15) is 17.5 Å². The van der Waals surface area contributed by atoms with Crippen molar-refractivity contribution >= 4 is 0 Å². The zero-order valence-electron chi connectivity index (χ0n) is 12.9. The Morgan fingerprint density at radius 3 is 3.13 bits per heavy atom. The van der Waals surface area contributed by atoms with Crippen LogP contribution in [0.15, 0.2) is 36.9 Å². The maximum Gasteiger partial charge on any atom is 0.165 e. The minimum absolute atomic E-state index is 0.264. The molecule has 2 heterocycles. The van der Waals surface area contributed by atoms with Crippen LogP contribution in [0.2, 0.25) is 0 Å². The molecule has 5 atom stereocenters. The van der Waals surface area contributed by atoms with Gasteiger partial charge in [0.15, 0.2) is 11.6 Å². The Hall–Kier alpha value is -1.65. The lowest BCUT2D eigenvalue weighted by molar-refractivity contribution is -0.0490. The second-order valence-electron chi connectivity index (χ2n) is 7.20. The van der Waals surface area contributed by atoms with Gasteiger partial charge >= 0.3 is 0 Å². The second kappa shape index (κ2) is 4.46. The first kappa shape index (κ1) is 13.8. The molecule has 1 fully saturated rings. The molecular weight excluding hydrogens is 292 g/mol. The van der Waals surface area contributed by atoms with Crippen LogP contribution in [-0.2, 0) is 11.8 Å². The average molecular weight is 312 g/mol. The predicted octanol–water partition coefficient (Wildman–Crippen LogP) is 2.19. The number of piperidine rings is 1. The van der Waals surface area contributed by atoms with Crippen molar-refractivity contribution in [3.05, 3.63) is 53.9 Å². The molecule has 5 rings (SSSR count). The summed E-state index contributed by atoms with van der Waals surface area (Å²) in [5, 5.41) is 10.5. The standard InChI is InChI=1S/C19H20FNO2/c1-2-8-21-9-7-19-12-4-6-15(22)18(19)23-17-13(20)5-3-11(16(17)19)10-14(12)21/h2-6,12,14-15,18,22H,1,7-10H2/t12-,14+,15-,18-,19-/m0/s1/i20-1. The van der Waals surface area contributed by atoms with E-state index in [0.29, 0.717) is 11.8 Å². The highest BCUT2D eigenvalue weighted by Crippen LogP contribution is 2.61. The van der Waals surface area contributed by atoms with Crippen LogP contribution >= 0.6 is 0 Å². The van der Waals surface area contributed by atoms with E-state index in [1.165, 1.54) is 11.6 Å². The van der Waals surface area contributed by atoms with Crippen LogP contribution in [0.25, 0.3) is 0 Å². The molecule has 4 heteroatoms. The van der Waals surface area contributed by atoms with Crippen LogP contribution in [0.4, 0.5) is 4.39 Å². The number of rotatable bonds is 2. The fourth-order valence-electron chi connectivity index (χ4n) is 5.51. The summed E-state index contributed by atoms with van der Waals surface area (Å²) in [6, 6.07) is 3.78. The third kappa shape index (κ3) is 1.51. The van der Waals surface area contributed by atoms with Gasteiger partial charge in [0.05, 0.1) is 0 Å². The molecule has 0 unspecified atom stereocenters. The van der Waals surface area contributed by atoms with Gasteiger partial charge in [0.2, 0.25) is 0 Å². The van der Waals surface area contributed by atoms with Gasteiger partial charge in [0, 0.05) is 29.5 Å². The van der Waals surface area contributed by atoms with Crippen molar-refractivity contribution in [1.29, 1.82) is 0 Å². The molecule has 1 aromatic rings. The number of nitrogens with zero attached hydrogens (tertiary/aromatic N) is 1. The molecule has 2 aliphatic heterocycles. The van der Waals surface area contributed by atoms with Gasteiger partial charge in [-0.05, 0) is 31.0 Å². The van der Waals surface area contributed by atoms with Crippen molar-refractivity contribution in [2.45, 2.75) is 36.5 Å². The first-order chi connectivity index (χ1) is 11.2. The van der Waals surface area contributed by atoms with Crippen LogP contribution in [0, 0.1) is 11.7 Å². The van der Waals surface area contributed by atoms with E-state index in [1.54, 1.807) is 0 Å². The summed E-state index contributed by atoms with van der Waals surface area (Å²) in [5.74, 6) is 0.349. The Kier molecular flexibility index (Phi) is 2.67. The van der Waals surface area contributed by atoms with E-state index in [9.17, 15) is 9.50 Å². The number of ether oxygens (including phenoxy) is 1. The number of benzene rings is 1. The van der Waals surface area contributed by atoms with Gasteiger partial charge in [0.1, 0.15) is 12.2 Å². The number of hydrogen-bond acceptors (Lipinski definition) is 3. The van der Waals surface area contributed by atoms with Crippen molar-refractivity contribution in [3.63, 3.8) is 0 Å². The molecule has 4 aliphatic rings. The molecule has 1 spiro atoms. The molecule has 1 N–H and O–H groups in total. The SMILES string of the molecule is C=CCN1CC[C@]23c4c5ccc([18F])c4O[C@H]2[C@@H](O)C=C[C@H]3[C@H]1C5. The van der Waals surface area contributed by atoms with E-state index < -0.39 is 6.10 Å². The van der Waals surface area contributed by atoms with Gasteiger partial charge in [-0.3, -0.25) is 4.90 Å². The predicted molar refractivity (Wildman–Crippen MR) is 85.0 cm³/mol. The Balaban J connectivity index is 1.76. The van der Waals surface area contributed by atoms with Gasteiger partial charge in [0.25, 0.3) is 0 Å². The molecule has 120 valence electrons. The summed E-state index contributed by atoms with van der Waals surface area (Å²) in [6.45, 7) is 5.68. The third-order valence-electron chi connectivity index (χ3n) is 6.32. The van der Waals surface area contributed by atoms with Crippen molar-refractivity contribution in [2.75, 3.05) is 13.1 Å². The third-order valence-corrected chi connectivity index (χ3v) is 6.32. The van der Waals surface area contributed by atoms with E-state index in [4.69, 9.17) is 4.74 Å². The molecule has 3 nitrogen and oxygen atoms in total. The Morgan fingerprint density at radius 1 is 1.43 bits per heavy atom. The van der Waals surface area contributed by atoms with Crippen LogP contribution in [0.3, 0.4) is 0 Å². The van der Waals surface area contributed by atoms with Gasteiger partial charge in [-0.2, -0.15) is 0 Å². The van der Waals surface area contributed by atoms with Gasteiger partial charge in [-0.15, -0.1) is 6.58 Å². The van der Waals surface area contributed by atoms with Crippen molar-refractivity contribution in [1.82, 2.24) is 4.90 Å². The lowest BCUT2D eigenvalue weighted by Gasteiger charge is -2.57. The topological polar surface area (TPSA) is 32.7 Å². The molecule has 0 radical (unpaired) electrons. The molecule has 2 bridgehead atoms. The molecule has 23 heavy (non-hydrogen) atoms. The molecule has 1 saturated heterocycles. The highest BCUT2D eigenvalue weighted by atomic mass is 18.2. The van der Waals surface area contributed by atoms with E-state index in [1.807, 2.05) is 18.2 Å². The van der Waals surface area contributed by atoms with E-state index in [-0.39, 0.29) is 23.3 Å². The van der Waals surface area contributed by atoms with Crippen molar-refractivity contribution in [3.8, 4) is 5.75 Å². The minimum Gasteiger partial charge on any atom is -0.483 e. The minimum atomic E-state index is -0.671. The molecule has 0 aromatic heterocycles. The molecular formula is C19H20FNO2. The normalized spacial score (nSPS) is 39.7. The van der Waals surface area contributed by atoms with Gasteiger partial charge in [-0.25, -0.2) is 4.39 Å². The zero-order chi connectivity index (χ0) is 15.8. The first-order valence-corrected chi connectivity index (χ1v) is 8.36. The number of hydrogen-bond donors (Lipinski definition) is 1. The van der Waals surface area contributed by atoms with E-state index in [2.05, 4.69) is 17.6 Å². The van der Waals surface area contributed by atoms with Crippen LogP contribution in [0.5, 0.6) is 5.75 Å². The van der Waals surface area contributed by atoms with E-state index >= 15 is 0 Å². The summed E-state index contributed by atoms with van der Waals surface area (Å²) in [5.41, 5.74) is 1.94. The molecule has 0 saturated carbocycles. The smallest absolute Gasteiger partial charge is 0.165 e. The quantitative estimate of drug-likeness (QED) is 0.850.